The van der Waals surface area contributed by atoms with E-state index in [1.54, 1.807) is 12.1 Å². The van der Waals surface area contributed by atoms with Crippen molar-refractivity contribution in [3.05, 3.63) is 89.6 Å². The zero-order valence-electron chi connectivity index (χ0n) is 16.1. The number of carbonyl (C=O) groups excluding carboxylic acids is 1. The minimum Gasteiger partial charge on any atom is -0.328 e. The monoisotopic (exact) mass is 384 g/mol. The fourth-order valence-corrected chi connectivity index (χ4v) is 4.14. The number of ketones is 1. The lowest BCUT2D eigenvalue weighted by molar-refractivity contribution is 0.0993. The summed E-state index contributed by atoms with van der Waals surface area (Å²) in [5.41, 5.74) is 3.81. The standard InChI is InChI=1S/C25H21FN2O/c26-22-10-8-19(9-11-22)24(29)14-17-4-5-18-6-7-20(15-21(18)13-17)23-16-27-25-3-1-2-12-28(23)25/h4-11,13,15-16H,1-3,12,14H2. The maximum atomic E-state index is 13.1. The molecule has 0 bridgehead atoms. The molecule has 0 saturated heterocycles. The number of benzene rings is 3. The molecule has 144 valence electrons. The summed E-state index contributed by atoms with van der Waals surface area (Å²) in [5.74, 6) is 0.831. The van der Waals surface area contributed by atoms with E-state index in [0.29, 0.717) is 12.0 Å². The smallest absolute Gasteiger partial charge is 0.167 e. The topological polar surface area (TPSA) is 34.9 Å². The van der Waals surface area contributed by atoms with E-state index in [9.17, 15) is 9.18 Å². The van der Waals surface area contributed by atoms with E-state index in [0.717, 1.165) is 40.6 Å². The molecule has 5 rings (SSSR count). The van der Waals surface area contributed by atoms with Gasteiger partial charge in [0.2, 0.25) is 0 Å². The number of Topliss-reactive ketones (excluding diaryl/α,β-unsaturated/α-hetero) is 1. The van der Waals surface area contributed by atoms with Crippen molar-refractivity contribution in [2.24, 2.45) is 0 Å². The molecule has 0 aliphatic carbocycles. The molecule has 3 aromatic carbocycles. The van der Waals surface area contributed by atoms with Gasteiger partial charge in [-0.15, -0.1) is 0 Å². The van der Waals surface area contributed by atoms with Crippen LogP contribution in [0.4, 0.5) is 4.39 Å². The molecule has 1 aliphatic rings. The summed E-state index contributed by atoms with van der Waals surface area (Å²) in [6.45, 7) is 1.02. The average Bonchev–Trinajstić information content (AvgIpc) is 3.18. The normalized spacial score (nSPS) is 13.4. The van der Waals surface area contributed by atoms with Gasteiger partial charge in [-0.2, -0.15) is 0 Å². The van der Waals surface area contributed by atoms with Crippen molar-refractivity contribution in [2.45, 2.75) is 32.2 Å². The van der Waals surface area contributed by atoms with E-state index in [4.69, 9.17) is 0 Å². The molecule has 1 aliphatic heterocycles. The van der Waals surface area contributed by atoms with Gasteiger partial charge >= 0.3 is 0 Å². The Morgan fingerprint density at radius 1 is 0.966 bits per heavy atom. The molecule has 0 unspecified atom stereocenters. The summed E-state index contributed by atoms with van der Waals surface area (Å²) in [6.07, 6.45) is 5.72. The van der Waals surface area contributed by atoms with Crippen LogP contribution < -0.4 is 0 Å². The Morgan fingerprint density at radius 2 is 1.79 bits per heavy atom. The number of aromatic nitrogens is 2. The van der Waals surface area contributed by atoms with Crippen molar-refractivity contribution in [3.8, 4) is 11.3 Å². The molecule has 0 amide bonds. The van der Waals surface area contributed by atoms with Crippen molar-refractivity contribution in [2.75, 3.05) is 0 Å². The predicted molar refractivity (Wildman–Crippen MR) is 113 cm³/mol. The molecule has 0 radical (unpaired) electrons. The van der Waals surface area contributed by atoms with Crippen LogP contribution in [0.15, 0.2) is 66.9 Å². The Bertz CT molecular complexity index is 1210. The minimum atomic E-state index is -0.332. The first-order valence-corrected chi connectivity index (χ1v) is 10.0. The third kappa shape index (κ3) is 3.46. The Balaban J connectivity index is 1.46. The van der Waals surface area contributed by atoms with Crippen LogP contribution in [0.5, 0.6) is 0 Å². The average molecular weight is 384 g/mol. The van der Waals surface area contributed by atoms with Gasteiger partial charge in [-0.25, -0.2) is 9.37 Å². The Hall–Kier alpha value is -3.27. The molecular formula is C25H21FN2O. The highest BCUT2D eigenvalue weighted by atomic mass is 19.1. The van der Waals surface area contributed by atoms with Crippen molar-refractivity contribution < 1.29 is 9.18 Å². The Kier molecular flexibility index (Phi) is 4.47. The second-order valence-electron chi connectivity index (χ2n) is 7.67. The number of halogens is 1. The molecule has 2 heterocycles. The van der Waals surface area contributed by atoms with Gasteiger partial charge in [-0.05, 0) is 59.5 Å². The molecule has 0 fully saturated rings. The van der Waals surface area contributed by atoms with E-state index in [1.165, 1.54) is 30.8 Å². The van der Waals surface area contributed by atoms with Gasteiger partial charge in [0, 0.05) is 30.5 Å². The lowest BCUT2D eigenvalue weighted by atomic mass is 9.98. The largest absolute Gasteiger partial charge is 0.328 e. The lowest BCUT2D eigenvalue weighted by Gasteiger charge is -2.16. The number of rotatable bonds is 4. The Morgan fingerprint density at radius 3 is 2.66 bits per heavy atom. The van der Waals surface area contributed by atoms with Crippen LogP contribution in [0.2, 0.25) is 0 Å². The van der Waals surface area contributed by atoms with E-state index < -0.39 is 0 Å². The van der Waals surface area contributed by atoms with Crippen LogP contribution in [0.1, 0.15) is 34.6 Å². The summed E-state index contributed by atoms with van der Waals surface area (Å²) in [7, 11) is 0. The third-order valence-corrected chi connectivity index (χ3v) is 5.70. The molecule has 0 spiro atoms. The highest BCUT2D eigenvalue weighted by Crippen LogP contribution is 2.28. The Labute approximate surface area is 168 Å². The third-order valence-electron chi connectivity index (χ3n) is 5.70. The van der Waals surface area contributed by atoms with E-state index in [-0.39, 0.29) is 11.6 Å². The van der Waals surface area contributed by atoms with Crippen LogP contribution in [0.25, 0.3) is 22.0 Å². The van der Waals surface area contributed by atoms with Gasteiger partial charge < -0.3 is 4.57 Å². The molecule has 29 heavy (non-hydrogen) atoms. The van der Waals surface area contributed by atoms with E-state index in [2.05, 4.69) is 39.9 Å². The van der Waals surface area contributed by atoms with Crippen molar-refractivity contribution in [3.63, 3.8) is 0 Å². The molecule has 4 heteroatoms. The predicted octanol–water partition coefficient (Wildman–Crippen LogP) is 5.60. The van der Waals surface area contributed by atoms with Crippen molar-refractivity contribution in [1.29, 1.82) is 0 Å². The fourth-order valence-electron chi connectivity index (χ4n) is 4.14. The first-order valence-electron chi connectivity index (χ1n) is 10.0. The van der Waals surface area contributed by atoms with Crippen LogP contribution >= 0.6 is 0 Å². The molecule has 0 saturated carbocycles. The molecule has 3 nitrogen and oxygen atoms in total. The summed E-state index contributed by atoms with van der Waals surface area (Å²) < 4.78 is 15.4. The maximum absolute atomic E-state index is 13.1. The molecule has 1 aromatic heterocycles. The lowest BCUT2D eigenvalue weighted by Crippen LogP contribution is -2.11. The molecular weight excluding hydrogens is 363 g/mol. The zero-order valence-corrected chi connectivity index (χ0v) is 16.1. The van der Waals surface area contributed by atoms with Crippen LogP contribution in [0.3, 0.4) is 0 Å². The van der Waals surface area contributed by atoms with Gasteiger partial charge in [0.1, 0.15) is 11.6 Å². The summed E-state index contributed by atoms with van der Waals surface area (Å²) >= 11 is 0. The number of aryl methyl sites for hydroxylation is 1. The zero-order chi connectivity index (χ0) is 19.8. The van der Waals surface area contributed by atoms with Gasteiger partial charge in [-0.3, -0.25) is 4.79 Å². The molecule has 4 aromatic rings. The van der Waals surface area contributed by atoms with Gasteiger partial charge in [0.05, 0.1) is 11.9 Å². The number of nitrogens with zero attached hydrogens (tertiary/aromatic N) is 2. The summed E-state index contributed by atoms with van der Waals surface area (Å²) in [6, 6.07) is 18.3. The summed E-state index contributed by atoms with van der Waals surface area (Å²) in [4.78, 5) is 17.1. The van der Waals surface area contributed by atoms with Crippen molar-refractivity contribution >= 4 is 16.6 Å². The fraction of sp³-hybridized carbons (Fsp3) is 0.200. The minimum absolute atomic E-state index is 0.00892. The molecule has 0 atom stereocenters. The number of imidazole rings is 1. The number of hydrogen-bond donors (Lipinski definition) is 0. The van der Waals surface area contributed by atoms with Crippen LogP contribution in [-0.4, -0.2) is 15.3 Å². The van der Waals surface area contributed by atoms with E-state index in [1.807, 2.05) is 12.3 Å². The van der Waals surface area contributed by atoms with Crippen LogP contribution in [-0.2, 0) is 19.4 Å². The van der Waals surface area contributed by atoms with Crippen LogP contribution in [0, 0.1) is 5.82 Å². The number of fused-ring (bicyclic) bond motifs is 2. The number of hydrogen-bond acceptors (Lipinski definition) is 2. The first kappa shape index (κ1) is 17.8. The van der Waals surface area contributed by atoms with Gasteiger partial charge in [0.15, 0.2) is 5.78 Å². The first-order chi connectivity index (χ1) is 14.2. The van der Waals surface area contributed by atoms with Crippen molar-refractivity contribution in [1.82, 2.24) is 9.55 Å². The SMILES string of the molecule is O=C(Cc1ccc2ccc(-c3cnc4n3CCCC4)cc2c1)c1ccc(F)cc1. The quantitative estimate of drug-likeness (QED) is 0.429. The van der Waals surface area contributed by atoms with Gasteiger partial charge in [-0.1, -0.05) is 30.3 Å². The molecule has 0 N–H and O–H groups in total. The highest BCUT2D eigenvalue weighted by molar-refractivity contribution is 5.98. The maximum Gasteiger partial charge on any atom is 0.167 e. The summed E-state index contributed by atoms with van der Waals surface area (Å²) in [5, 5.41) is 2.25. The number of carbonyl (C=O) groups is 1. The van der Waals surface area contributed by atoms with Gasteiger partial charge in [0.25, 0.3) is 0 Å². The second-order valence-corrected chi connectivity index (χ2v) is 7.67. The highest BCUT2D eigenvalue weighted by Gasteiger charge is 2.15. The second kappa shape index (κ2) is 7.28. The van der Waals surface area contributed by atoms with E-state index >= 15 is 0 Å².